The summed E-state index contributed by atoms with van der Waals surface area (Å²) in [4.78, 5) is 56.5. The number of nitrogens with one attached hydrogen (secondary N) is 3. The summed E-state index contributed by atoms with van der Waals surface area (Å²) in [7, 11) is 1.61. The van der Waals surface area contributed by atoms with E-state index < -0.39 is 41.2 Å². The van der Waals surface area contributed by atoms with E-state index in [1.807, 2.05) is 19.1 Å². The zero-order valence-electron chi connectivity index (χ0n) is 24.3. The minimum Gasteiger partial charge on any atom is -0.497 e. The molecule has 5 amide bonds. The quantitative estimate of drug-likeness (QED) is 0.300. The fourth-order valence-corrected chi connectivity index (χ4v) is 7.19. The van der Waals surface area contributed by atoms with E-state index in [0.29, 0.717) is 24.0 Å². The van der Waals surface area contributed by atoms with Crippen LogP contribution in [0.25, 0.3) is 10.2 Å². The number of imide groups is 1. The number of carbonyl (C=O) groups excluding carboxylic acids is 4. The van der Waals surface area contributed by atoms with Crippen molar-refractivity contribution in [3.05, 3.63) is 46.2 Å². The van der Waals surface area contributed by atoms with Crippen LogP contribution in [0.1, 0.15) is 66.4 Å². The molecule has 2 aliphatic heterocycles. The monoisotopic (exact) mass is 621 g/mol. The van der Waals surface area contributed by atoms with E-state index in [-0.39, 0.29) is 42.1 Å². The third-order valence-corrected chi connectivity index (χ3v) is 10.2. The molecular formula is C31H32FN5O6S. The molecule has 0 spiro atoms. The van der Waals surface area contributed by atoms with Crippen LogP contribution in [-0.4, -0.2) is 53.4 Å². The van der Waals surface area contributed by atoms with Crippen LogP contribution in [0.3, 0.4) is 0 Å². The number of ether oxygens (including phenoxy) is 2. The molecule has 0 radical (unpaired) electrons. The van der Waals surface area contributed by atoms with Gasteiger partial charge in [-0.3, -0.25) is 19.7 Å². The molecule has 3 heterocycles. The van der Waals surface area contributed by atoms with Crippen molar-refractivity contribution in [1.82, 2.24) is 20.5 Å². The molecule has 2 saturated carbocycles. The first kappa shape index (κ1) is 28.5. The van der Waals surface area contributed by atoms with Gasteiger partial charge in [0.2, 0.25) is 11.8 Å². The third-order valence-electron chi connectivity index (χ3n) is 8.95. The van der Waals surface area contributed by atoms with Gasteiger partial charge in [-0.15, -0.1) is 11.3 Å². The fourth-order valence-electron chi connectivity index (χ4n) is 6.00. The molecule has 2 atom stereocenters. The normalized spacial score (nSPS) is 21.1. The minimum atomic E-state index is -0.862. The molecule has 44 heavy (non-hydrogen) atoms. The average molecular weight is 622 g/mol. The Morgan fingerprint density at radius 1 is 1.18 bits per heavy atom. The zero-order valence-corrected chi connectivity index (χ0v) is 25.1. The lowest BCUT2D eigenvalue weighted by Gasteiger charge is -2.29. The maximum atomic E-state index is 15.7. The second-order valence-electron chi connectivity index (χ2n) is 12.2. The number of benzene rings is 2. The molecule has 230 valence electrons. The number of nitrogens with zero attached hydrogens (tertiary/aromatic N) is 2. The van der Waals surface area contributed by atoms with Crippen LogP contribution in [0.4, 0.5) is 14.9 Å². The Hall–Kier alpha value is -4.26. The summed E-state index contributed by atoms with van der Waals surface area (Å²) in [6, 6.07) is 5.08. The van der Waals surface area contributed by atoms with Gasteiger partial charge in [-0.1, -0.05) is 0 Å². The lowest BCUT2D eigenvalue weighted by Crippen LogP contribution is -2.52. The summed E-state index contributed by atoms with van der Waals surface area (Å²) < 4.78 is 28.2. The van der Waals surface area contributed by atoms with E-state index >= 15 is 4.39 Å². The Morgan fingerprint density at radius 2 is 1.98 bits per heavy atom. The van der Waals surface area contributed by atoms with E-state index in [1.165, 1.54) is 28.4 Å². The first-order valence-electron chi connectivity index (χ1n) is 14.8. The fraction of sp³-hybridized carbons (Fsp3) is 0.452. The van der Waals surface area contributed by atoms with Crippen molar-refractivity contribution >= 4 is 51.0 Å². The van der Waals surface area contributed by atoms with Crippen molar-refractivity contribution < 1.29 is 33.0 Å². The molecule has 1 unspecified atom stereocenters. The Labute approximate surface area is 256 Å². The maximum Gasteiger partial charge on any atom is 0.320 e. The number of hydrogen-bond acceptors (Lipinski definition) is 8. The summed E-state index contributed by atoms with van der Waals surface area (Å²) in [6.07, 6.45) is 4.41. The van der Waals surface area contributed by atoms with Gasteiger partial charge in [0.25, 0.3) is 5.91 Å². The van der Waals surface area contributed by atoms with E-state index in [0.717, 1.165) is 40.9 Å². The molecule has 2 aromatic carbocycles. The minimum absolute atomic E-state index is 0.0814. The van der Waals surface area contributed by atoms with Crippen LogP contribution in [0.5, 0.6) is 11.5 Å². The molecule has 3 aromatic rings. The topological polar surface area (TPSA) is 139 Å². The zero-order chi connectivity index (χ0) is 30.7. The number of fused-ring (bicyclic) bond motifs is 2. The van der Waals surface area contributed by atoms with Crippen molar-refractivity contribution in [2.75, 3.05) is 19.0 Å². The smallest absolute Gasteiger partial charge is 0.320 e. The van der Waals surface area contributed by atoms with Crippen LogP contribution < -0.4 is 25.4 Å². The number of halogens is 1. The molecule has 4 aliphatic rings. The van der Waals surface area contributed by atoms with Gasteiger partial charge in [-0.25, -0.2) is 14.2 Å². The lowest BCUT2D eigenvalue weighted by molar-refractivity contribution is -0.136. The Bertz CT molecular complexity index is 1720. The lowest BCUT2D eigenvalue weighted by atomic mass is 9.97. The SMILES string of the molecule is COc1cc(OCC2CC2)c2nc([C@](C)(NC(=O)Nc3ccc4c(c3F)CN(C3CCC(=O)NC3=O)C4=O)C3CC3)sc2c1. The summed E-state index contributed by atoms with van der Waals surface area (Å²) in [5, 5.41) is 8.64. The van der Waals surface area contributed by atoms with Gasteiger partial charge in [0.1, 0.15) is 28.1 Å². The molecule has 11 nitrogen and oxygen atoms in total. The largest absolute Gasteiger partial charge is 0.497 e. The van der Waals surface area contributed by atoms with Gasteiger partial charge < -0.3 is 25.0 Å². The molecule has 0 bridgehead atoms. The van der Waals surface area contributed by atoms with Crippen molar-refractivity contribution in [2.24, 2.45) is 11.8 Å². The Balaban J connectivity index is 1.11. The number of thiazole rings is 1. The number of hydrogen-bond donors (Lipinski definition) is 3. The highest BCUT2D eigenvalue weighted by molar-refractivity contribution is 7.18. The molecule has 2 aliphatic carbocycles. The van der Waals surface area contributed by atoms with Crippen molar-refractivity contribution in [1.29, 1.82) is 0 Å². The number of aromatic nitrogens is 1. The number of anilines is 1. The van der Waals surface area contributed by atoms with Gasteiger partial charge in [-0.05, 0) is 69.1 Å². The van der Waals surface area contributed by atoms with E-state index in [9.17, 15) is 19.2 Å². The molecule has 3 fully saturated rings. The molecule has 1 aromatic heterocycles. The molecule has 13 heteroatoms. The van der Waals surface area contributed by atoms with Crippen LogP contribution in [0, 0.1) is 17.7 Å². The van der Waals surface area contributed by atoms with Gasteiger partial charge in [-0.2, -0.15) is 0 Å². The first-order chi connectivity index (χ1) is 21.1. The Morgan fingerprint density at radius 3 is 2.68 bits per heavy atom. The van der Waals surface area contributed by atoms with Crippen LogP contribution in [0.2, 0.25) is 0 Å². The molecule has 7 rings (SSSR count). The summed E-state index contributed by atoms with van der Waals surface area (Å²) in [6.45, 7) is 2.42. The van der Waals surface area contributed by atoms with Crippen LogP contribution in [0.15, 0.2) is 24.3 Å². The number of rotatable bonds is 9. The maximum absolute atomic E-state index is 15.7. The van der Waals surface area contributed by atoms with E-state index in [1.54, 1.807) is 7.11 Å². The highest BCUT2D eigenvalue weighted by atomic mass is 32.1. The molecule has 3 N–H and O–H groups in total. The first-order valence-corrected chi connectivity index (χ1v) is 15.6. The highest BCUT2D eigenvalue weighted by Crippen LogP contribution is 2.48. The number of carbonyl (C=O) groups is 4. The molecular weight excluding hydrogens is 589 g/mol. The summed E-state index contributed by atoms with van der Waals surface area (Å²) in [5.41, 5.74) is 0.0463. The van der Waals surface area contributed by atoms with Crippen molar-refractivity contribution in [3.8, 4) is 11.5 Å². The predicted octanol–water partition coefficient (Wildman–Crippen LogP) is 4.44. The Kier molecular flexibility index (Phi) is 6.95. The van der Waals surface area contributed by atoms with Gasteiger partial charge in [0, 0.05) is 23.6 Å². The number of amides is 5. The standard InChI is InChI=1S/C31H32FN5O6S/c1-31(16-5-6-16,29-35-26-22(43-14-15-3-4-15)11-17(42-2)12-23(26)44-29)36-30(41)33-20-8-7-18-19(25(20)32)13-37(28(18)40)21-9-10-24(38)34-27(21)39/h7-8,11-12,15-16,21H,3-6,9-10,13-14H2,1-2H3,(H2,33,36,41)(H,34,38,39)/t21?,31-/m1/s1. The van der Waals surface area contributed by atoms with Crippen molar-refractivity contribution in [2.45, 2.75) is 63.6 Å². The number of piperidine rings is 1. The average Bonchev–Trinajstić information content (AvgIpc) is 3.93. The number of methoxy groups -OCH3 is 1. The third kappa shape index (κ3) is 5.12. The number of urea groups is 1. The summed E-state index contributed by atoms with van der Waals surface area (Å²) >= 11 is 1.46. The van der Waals surface area contributed by atoms with Crippen LogP contribution in [-0.2, 0) is 21.7 Å². The van der Waals surface area contributed by atoms with Gasteiger partial charge >= 0.3 is 6.03 Å². The second-order valence-corrected chi connectivity index (χ2v) is 13.2. The molecule has 1 saturated heterocycles. The highest BCUT2D eigenvalue weighted by Gasteiger charge is 2.47. The van der Waals surface area contributed by atoms with E-state index in [2.05, 4.69) is 16.0 Å². The second kappa shape index (κ2) is 10.7. The van der Waals surface area contributed by atoms with Gasteiger partial charge in [0.05, 0.1) is 36.2 Å². The van der Waals surface area contributed by atoms with E-state index in [4.69, 9.17) is 14.5 Å². The van der Waals surface area contributed by atoms with Gasteiger partial charge in [0.15, 0.2) is 5.82 Å². The van der Waals surface area contributed by atoms with Crippen molar-refractivity contribution in [3.63, 3.8) is 0 Å². The van der Waals surface area contributed by atoms with Crippen LogP contribution >= 0.6 is 11.3 Å². The summed E-state index contributed by atoms with van der Waals surface area (Å²) in [5.74, 6) is -0.167. The predicted molar refractivity (Wildman–Crippen MR) is 159 cm³/mol.